The first kappa shape index (κ1) is 18.4. The Labute approximate surface area is 140 Å². The third-order valence-corrected chi connectivity index (χ3v) is 4.49. The molecular weight excluding hydrogens is 315 g/mol. The fourth-order valence-corrected chi connectivity index (χ4v) is 3.11. The van der Waals surface area contributed by atoms with Gasteiger partial charge < -0.3 is 14.7 Å². The third-order valence-electron chi connectivity index (χ3n) is 4.49. The van der Waals surface area contributed by atoms with Gasteiger partial charge in [0.15, 0.2) is 0 Å². The minimum absolute atomic E-state index is 0.0212. The van der Waals surface area contributed by atoms with E-state index in [9.17, 15) is 19.1 Å². The maximum absolute atomic E-state index is 12.9. The molecule has 1 fully saturated rings. The van der Waals surface area contributed by atoms with Crippen molar-refractivity contribution in [2.45, 2.75) is 24.9 Å². The summed E-state index contributed by atoms with van der Waals surface area (Å²) in [6.45, 7) is 0.966. The molecule has 7 heteroatoms. The van der Waals surface area contributed by atoms with Gasteiger partial charge in [-0.3, -0.25) is 14.5 Å². The Morgan fingerprint density at radius 1 is 1.38 bits per heavy atom. The smallest absolute Gasteiger partial charge is 0.326 e. The largest absolute Gasteiger partial charge is 0.480 e. The van der Waals surface area contributed by atoms with Crippen molar-refractivity contribution in [2.75, 3.05) is 33.9 Å². The molecule has 1 heterocycles. The Balaban J connectivity index is 2.01. The van der Waals surface area contributed by atoms with Crippen molar-refractivity contribution in [3.63, 3.8) is 0 Å². The number of benzene rings is 1. The number of amides is 1. The van der Waals surface area contributed by atoms with Crippen molar-refractivity contribution < 1.29 is 23.8 Å². The molecular formula is C17H23FN2O4. The van der Waals surface area contributed by atoms with Crippen LogP contribution in [-0.4, -0.2) is 66.2 Å². The van der Waals surface area contributed by atoms with Crippen molar-refractivity contribution in [3.05, 3.63) is 35.6 Å². The van der Waals surface area contributed by atoms with Crippen LogP contribution in [0.3, 0.4) is 0 Å². The van der Waals surface area contributed by atoms with E-state index in [1.807, 2.05) is 0 Å². The number of likely N-dealkylation sites (N-methyl/N-ethyl adjacent to an activating group) is 1. The second-order valence-corrected chi connectivity index (χ2v) is 6.17. The highest BCUT2D eigenvalue weighted by molar-refractivity contribution is 5.82. The minimum Gasteiger partial charge on any atom is -0.480 e. The number of carbonyl (C=O) groups excluding carboxylic acids is 1. The number of rotatable bonds is 7. The van der Waals surface area contributed by atoms with E-state index in [2.05, 4.69) is 0 Å². The van der Waals surface area contributed by atoms with Gasteiger partial charge in [0.1, 0.15) is 11.4 Å². The van der Waals surface area contributed by atoms with Crippen LogP contribution in [0.15, 0.2) is 24.3 Å². The summed E-state index contributed by atoms with van der Waals surface area (Å²) in [6.07, 6.45) is 1.18. The predicted molar refractivity (Wildman–Crippen MR) is 85.9 cm³/mol. The summed E-state index contributed by atoms with van der Waals surface area (Å²) in [5, 5.41) is 9.60. The van der Waals surface area contributed by atoms with Crippen LogP contribution in [-0.2, 0) is 20.9 Å². The number of aliphatic carboxylic acids is 1. The Morgan fingerprint density at radius 2 is 2.04 bits per heavy atom. The highest BCUT2D eigenvalue weighted by Crippen LogP contribution is 2.30. The molecule has 0 aromatic heterocycles. The lowest BCUT2D eigenvalue weighted by Gasteiger charge is -2.34. The molecule has 0 bridgehead atoms. The van der Waals surface area contributed by atoms with Crippen LogP contribution in [0.25, 0.3) is 0 Å². The maximum atomic E-state index is 12.9. The molecule has 1 saturated heterocycles. The minimum atomic E-state index is -1.14. The maximum Gasteiger partial charge on any atom is 0.326 e. The van der Waals surface area contributed by atoms with Gasteiger partial charge >= 0.3 is 5.97 Å². The van der Waals surface area contributed by atoms with E-state index in [1.54, 1.807) is 24.1 Å². The second kappa shape index (κ2) is 7.72. The molecule has 1 atom stereocenters. The standard InChI is InChI=1S/C17H23FN2O4/c1-19(10-13-4-6-14(18)7-5-13)15(21)11-20-9-3-8-17(20,12-24-2)16(22)23/h4-7H,3,8-12H2,1-2H3,(H,22,23). The number of likely N-dealkylation sites (tertiary alicyclic amines) is 1. The number of hydrogen-bond acceptors (Lipinski definition) is 4. The number of carboxylic acid groups (broad SMARTS) is 1. The fourth-order valence-electron chi connectivity index (χ4n) is 3.11. The summed E-state index contributed by atoms with van der Waals surface area (Å²) < 4.78 is 18.0. The fraction of sp³-hybridized carbons (Fsp3) is 0.529. The number of hydrogen-bond donors (Lipinski definition) is 1. The van der Waals surface area contributed by atoms with Crippen LogP contribution >= 0.6 is 0 Å². The van der Waals surface area contributed by atoms with Gasteiger partial charge in [-0.15, -0.1) is 0 Å². The molecule has 1 aromatic carbocycles. The lowest BCUT2D eigenvalue weighted by molar-refractivity contribution is -0.154. The quantitative estimate of drug-likeness (QED) is 0.813. The summed E-state index contributed by atoms with van der Waals surface area (Å²) in [5.74, 6) is -1.46. The van der Waals surface area contributed by atoms with Gasteiger partial charge in [-0.1, -0.05) is 12.1 Å². The zero-order valence-electron chi connectivity index (χ0n) is 14.0. The van der Waals surface area contributed by atoms with E-state index >= 15 is 0 Å². The zero-order chi connectivity index (χ0) is 17.7. The van der Waals surface area contributed by atoms with Crippen LogP contribution in [0.4, 0.5) is 4.39 Å². The van der Waals surface area contributed by atoms with Gasteiger partial charge in [0.25, 0.3) is 0 Å². The number of nitrogens with zero attached hydrogens (tertiary/aromatic N) is 2. The molecule has 1 aliphatic rings. The summed E-state index contributed by atoms with van der Waals surface area (Å²) in [7, 11) is 3.12. The van der Waals surface area contributed by atoms with E-state index in [4.69, 9.17) is 4.74 Å². The van der Waals surface area contributed by atoms with Crippen LogP contribution in [0.1, 0.15) is 18.4 Å². The lowest BCUT2D eigenvalue weighted by atomic mass is 9.97. The topological polar surface area (TPSA) is 70.1 Å². The van der Waals surface area contributed by atoms with Gasteiger partial charge in [-0.25, -0.2) is 4.39 Å². The highest BCUT2D eigenvalue weighted by atomic mass is 19.1. The predicted octanol–water partition coefficient (Wildman–Crippen LogP) is 1.35. The molecule has 24 heavy (non-hydrogen) atoms. The third kappa shape index (κ3) is 3.91. The lowest BCUT2D eigenvalue weighted by Crippen LogP contribution is -2.56. The van der Waals surface area contributed by atoms with Crippen molar-refractivity contribution in [3.8, 4) is 0 Å². The number of carboxylic acids is 1. The molecule has 0 spiro atoms. The molecule has 0 saturated carbocycles. The molecule has 0 radical (unpaired) electrons. The molecule has 132 valence electrons. The molecule has 6 nitrogen and oxygen atoms in total. The summed E-state index contributed by atoms with van der Waals surface area (Å²) in [4.78, 5) is 27.4. The van der Waals surface area contributed by atoms with Crippen molar-refractivity contribution >= 4 is 11.9 Å². The Morgan fingerprint density at radius 3 is 2.62 bits per heavy atom. The van der Waals surface area contributed by atoms with Gasteiger partial charge in [0.05, 0.1) is 13.2 Å². The molecule has 1 N–H and O–H groups in total. The Hall–Kier alpha value is -1.99. The number of carbonyl (C=O) groups is 2. The Kier molecular flexibility index (Phi) is 5.90. The first-order chi connectivity index (χ1) is 11.4. The van der Waals surface area contributed by atoms with E-state index in [0.29, 0.717) is 25.9 Å². The normalized spacial score (nSPS) is 21.0. The van der Waals surface area contributed by atoms with Gasteiger partial charge in [-0.2, -0.15) is 0 Å². The molecule has 1 unspecified atom stereocenters. The molecule has 1 aromatic rings. The zero-order valence-corrected chi connectivity index (χ0v) is 14.0. The average Bonchev–Trinajstić information content (AvgIpc) is 2.94. The first-order valence-electron chi connectivity index (χ1n) is 7.85. The SMILES string of the molecule is COCC1(C(=O)O)CCCN1CC(=O)N(C)Cc1ccc(F)cc1. The molecule has 1 aliphatic heterocycles. The first-order valence-corrected chi connectivity index (χ1v) is 7.85. The average molecular weight is 338 g/mol. The Bertz CT molecular complexity index is 593. The monoisotopic (exact) mass is 338 g/mol. The highest BCUT2D eigenvalue weighted by Gasteiger charge is 2.48. The van der Waals surface area contributed by atoms with Crippen molar-refractivity contribution in [1.29, 1.82) is 0 Å². The van der Waals surface area contributed by atoms with Crippen LogP contribution in [0.5, 0.6) is 0 Å². The van der Waals surface area contributed by atoms with E-state index in [0.717, 1.165) is 5.56 Å². The summed E-state index contributed by atoms with van der Waals surface area (Å²) in [5.41, 5.74) is -0.323. The van der Waals surface area contributed by atoms with Gasteiger partial charge in [-0.05, 0) is 37.1 Å². The number of ether oxygens (including phenoxy) is 1. The summed E-state index contributed by atoms with van der Waals surface area (Å²) in [6, 6.07) is 5.95. The van der Waals surface area contributed by atoms with E-state index in [1.165, 1.54) is 24.1 Å². The second-order valence-electron chi connectivity index (χ2n) is 6.17. The molecule has 1 amide bonds. The summed E-state index contributed by atoms with van der Waals surface area (Å²) >= 11 is 0. The van der Waals surface area contributed by atoms with Gasteiger partial charge in [0, 0.05) is 20.7 Å². The van der Waals surface area contributed by atoms with Crippen LogP contribution < -0.4 is 0 Å². The van der Waals surface area contributed by atoms with Crippen molar-refractivity contribution in [2.24, 2.45) is 0 Å². The van der Waals surface area contributed by atoms with Crippen LogP contribution in [0, 0.1) is 5.82 Å². The molecule has 0 aliphatic carbocycles. The van der Waals surface area contributed by atoms with E-state index in [-0.39, 0.29) is 24.9 Å². The van der Waals surface area contributed by atoms with Gasteiger partial charge in [0.2, 0.25) is 5.91 Å². The number of halogens is 1. The van der Waals surface area contributed by atoms with Crippen molar-refractivity contribution in [1.82, 2.24) is 9.80 Å². The molecule has 2 rings (SSSR count). The van der Waals surface area contributed by atoms with Crippen LogP contribution in [0.2, 0.25) is 0 Å². The van der Waals surface area contributed by atoms with E-state index < -0.39 is 11.5 Å². The number of methoxy groups -OCH3 is 1.